The summed E-state index contributed by atoms with van der Waals surface area (Å²) in [6.45, 7) is 4.34. The van der Waals surface area contributed by atoms with Crippen LogP contribution < -0.4 is 0 Å². The molecule has 0 aliphatic carbocycles. The van der Waals surface area contributed by atoms with E-state index in [4.69, 9.17) is 0 Å². The minimum absolute atomic E-state index is 1.31. The van der Waals surface area contributed by atoms with Crippen LogP contribution in [0, 0.1) is 13.8 Å². The molecule has 2 rings (SSSR count). The molecule has 1 heteroatoms. The minimum atomic E-state index is 1.31. The van der Waals surface area contributed by atoms with Crippen LogP contribution in [0.4, 0.5) is 0 Å². The van der Waals surface area contributed by atoms with Crippen molar-refractivity contribution in [2.75, 3.05) is 6.26 Å². The Morgan fingerprint density at radius 1 is 0.812 bits per heavy atom. The molecule has 0 amide bonds. The van der Waals surface area contributed by atoms with E-state index in [0.29, 0.717) is 0 Å². The molecule has 0 nitrogen and oxygen atoms in total. The van der Waals surface area contributed by atoms with Gasteiger partial charge in [0.1, 0.15) is 0 Å². The summed E-state index contributed by atoms with van der Waals surface area (Å²) < 4.78 is 0. The second kappa shape index (κ2) is 4.75. The Hall–Kier alpha value is -1.21. The Bertz CT molecular complexity index is 463. The Morgan fingerprint density at radius 2 is 1.38 bits per heavy atom. The molecule has 0 aromatic heterocycles. The molecule has 0 aliphatic rings. The summed E-state index contributed by atoms with van der Waals surface area (Å²) >= 11 is 1.78. The molecule has 16 heavy (non-hydrogen) atoms. The highest BCUT2D eigenvalue weighted by atomic mass is 32.2. The molecule has 0 unspecified atom stereocenters. The first kappa shape index (κ1) is 11.3. The van der Waals surface area contributed by atoms with Gasteiger partial charge in [-0.1, -0.05) is 30.3 Å². The number of rotatable bonds is 2. The topological polar surface area (TPSA) is 0 Å². The van der Waals surface area contributed by atoms with Crippen molar-refractivity contribution in [2.24, 2.45) is 0 Å². The summed E-state index contributed by atoms with van der Waals surface area (Å²) in [6, 6.07) is 15.3. The third-order valence-electron chi connectivity index (χ3n) is 2.86. The van der Waals surface area contributed by atoms with Gasteiger partial charge in [0.15, 0.2) is 0 Å². The quantitative estimate of drug-likeness (QED) is 0.672. The Morgan fingerprint density at radius 3 is 1.88 bits per heavy atom. The van der Waals surface area contributed by atoms with Crippen LogP contribution in [0.15, 0.2) is 47.4 Å². The van der Waals surface area contributed by atoms with Crippen molar-refractivity contribution in [1.82, 2.24) is 0 Å². The average molecular weight is 228 g/mol. The first-order chi connectivity index (χ1) is 7.72. The maximum atomic E-state index is 2.21. The molecule has 0 saturated carbocycles. The molecule has 0 spiro atoms. The molecule has 0 radical (unpaired) electrons. The van der Waals surface area contributed by atoms with Gasteiger partial charge >= 0.3 is 0 Å². The molecule has 0 saturated heterocycles. The van der Waals surface area contributed by atoms with Gasteiger partial charge in [-0.25, -0.2) is 0 Å². The van der Waals surface area contributed by atoms with E-state index in [0.717, 1.165) is 0 Å². The lowest BCUT2D eigenvalue weighted by Gasteiger charge is -2.10. The van der Waals surface area contributed by atoms with E-state index in [2.05, 4.69) is 62.6 Å². The summed E-state index contributed by atoms with van der Waals surface area (Å²) in [6.07, 6.45) is 2.11. The van der Waals surface area contributed by atoms with Gasteiger partial charge in [-0.3, -0.25) is 0 Å². The van der Waals surface area contributed by atoms with Gasteiger partial charge in [0.2, 0.25) is 0 Å². The second-order valence-corrected chi connectivity index (χ2v) is 4.87. The summed E-state index contributed by atoms with van der Waals surface area (Å²) in [5.74, 6) is 0. The van der Waals surface area contributed by atoms with Gasteiger partial charge in [0, 0.05) is 4.90 Å². The van der Waals surface area contributed by atoms with Crippen molar-refractivity contribution in [3.8, 4) is 11.1 Å². The van der Waals surface area contributed by atoms with Gasteiger partial charge in [0.25, 0.3) is 0 Å². The van der Waals surface area contributed by atoms with E-state index in [1.54, 1.807) is 11.8 Å². The van der Waals surface area contributed by atoms with E-state index < -0.39 is 0 Å². The van der Waals surface area contributed by atoms with Crippen LogP contribution in [0.5, 0.6) is 0 Å². The molecule has 0 aliphatic heterocycles. The smallest absolute Gasteiger partial charge is 0.00695 e. The van der Waals surface area contributed by atoms with Crippen LogP contribution in [-0.4, -0.2) is 6.26 Å². The molecule has 0 fully saturated rings. The second-order valence-electron chi connectivity index (χ2n) is 4.00. The van der Waals surface area contributed by atoms with Crippen molar-refractivity contribution in [3.05, 3.63) is 53.6 Å². The fraction of sp³-hybridized carbons (Fsp3) is 0.200. The predicted molar refractivity (Wildman–Crippen MR) is 73.1 cm³/mol. The maximum Gasteiger partial charge on any atom is 0.00695 e. The number of benzene rings is 2. The molecule has 0 atom stereocenters. The van der Waals surface area contributed by atoms with Crippen molar-refractivity contribution < 1.29 is 0 Å². The normalized spacial score (nSPS) is 10.4. The highest BCUT2D eigenvalue weighted by molar-refractivity contribution is 7.98. The van der Waals surface area contributed by atoms with E-state index in [1.807, 2.05) is 0 Å². The van der Waals surface area contributed by atoms with Crippen LogP contribution in [-0.2, 0) is 0 Å². The number of aryl methyl sites for hydroxylation is 2. The fourth-order valence-electron chi connectivity index (χ4n) is 2.03. The minimum Gasteiger partial charge on any atom is -0.130 e. The highest BCUT2D eigenvalue weighted by Gasteiger charge is 2.04. The van der Waals surface area contributed by atoms with Crippen molar-refractivity contribution >= 4 is 11.8 Å². The monoisotopic (exact) mass is 228 g/mol. The van der Waals surface area contributed by atoms with E-state index in [1.165, 1.54) is 27.1 Å². The molecule has 0 N–H and O–H groups in total. The summed E-state index contributed by atoms with van der Waals surface area (Å²) in [5.41, 5.74) is 5.37. The predicted octanol–water partition coefficient (Wildman–Crippen LogP) is 4.69. The SMILES string of the molecule is CSc1ccc(-c2c(C)cccc2C)cc1. The van der Waals surface area contributed by atoms with Gasteiger partial charge < -0.3 is 0 Å². The molecule has 82 valence electrons. The van der Waals surface area contributed by atoms with Crippen LogP contribution >= 0.6 is 11.8 Å². The van der Waals surface area contributed by atoms with Crippen LogP contribution in [0.1, 0.15) is 11.1 Å². The molecular formula is C15H16S. The zero-order valence-electron chi connectivity index (χ0n) is 9.95. The Labute approximate surface area is 102 Å². The summed E-state index contributed by atoms with van der Waals surface area (Å²) in [4.78, 5) is 1.31. The fourth-order valence-corrected chi connectivity index (χ4v) is 2.44. The standard InChI is InChI=1S/C15H16S/c1-11-5-4-6-12(2)15(11)13-7-9-14(16-3)10-8-13/h4-10H,1-3H3. The Balaban J connectivity index is 2.50. The Kier molecular flexibility index (Phi) is 3.35. The van der Waals surface area contributed by atoms with Gasteiger partial charge in [-0.2, -0.15) is 0 Å². The maximum absolute atomic E-state index is 2.21. The zero-order chi connectivity index (χ0) is 11.5. The van der Waals surface area contributed by atoms with E-state index in [-0.39, 0.29) is 0 Å². The zero-order valence-corrected chi connectivity index (χ0v) is 10.8. The number of thioether (sulfide) groups is 1. The van der Waals surface area contributed by atoms with E-state index in [9.17, 15) is 0 Å². The highest BCUT2D eigenvalue weighted by Crippen LogP contribution is 2.28. The molecular weight excluding hydrogens is 212 g/mol. The van der Waals surface area contributed by atoms with Crippen molar-refractivity contribution in [2.45, 2.75) is 18.7 Å². The summed E-state index contributed by atoms with van der Waals surface area (Å²) in [5, 5.41) is 0. The van der Waals surface area contributed by atoms with Gasteiger partial charge in [-0.05, 0) is 54.5 Å². The lowest BCUT2D eigenvalue weighted by Crippen LogP contribution is -1.87. The average Bonchev–Trinajstić information content (AvgIpc) is 2.30. The van der Waals surface area contributed by atoms with Crippen molar-refractivity contribution in [1.29, 1.82) is 0 Å². The van der Waals surface area contributed by atoms with Crippen LogP contribution in [0.25, 0.3) is 11.1 Å². The van der Waals surface area contributed by atoms with Crippen LogP contribution in [0.2, 0.25) is 0 Å². The molecule has 2 aromatic carbocycles. The molecule has 0 heterocycles. The lowest BCUT2D eigenvalue weighted by atomic mass is 9.96. The lowest BCUT2D eigenvalue weighted by molar-refractivity contribution is 1.36. The third-order valence-corrected chi connectivity index (χ3v) is 3.60. The third kappa shape index (κ3) is 2.14. The number of hydrogen-bond donors (Lipinski definition) is 0. The van der Waals surface area contributed by atoms with Gasteiger partial charge in [0.05, 0.1) is 0 Å². The first-order valence-electron chi connectivity index (χ1n) is 5.43. The first-order valence-corrected chi connectivity index (χ1v) is 6.65. The largest absolute Gasteiger partial charge is 0.130 e. The van der Waals surface area contributed by atoms with Crippen molar-refractivity contribution in [3.63, 3.8) is 0 Å². The van der Waals surface area contributed by atoms with E-state index >= 15 is 0 Å². The molecule has 0 bridgehead atoms. The number of hydrogen-bond acceptors (Lipinski definition) is 1. The summed E-state index contributed by atoms with van der Waals surface area (Å²) in [7, 11) is 0. The van der Waals surface area contributed by atoms with Gasteiger partial charge in [-0.15, -0.1) is 11.8 Å². The van der Waals surface area contributed by atoms with Crippen LogP contribution in [0.3, 0.4) is 0 Å². The molecule has 2 aromatic rings.